The van der Waals surface area contributed by atoms with Gasteiger partial charge in [0, 0.05) is 6.04 Å². The Morgan fingerprint density at radius 3 is 2.72 bits per heavy atom. The zero-order valence-electron chi connectivity index (χ0n) is 10.1. The number of hydrogen-bond acceptors (Lipinski definition) is 4. The number of halogens is 1. The maximum atomic E-state index is 13.7. The van der Waals surface area contributed by atoms with E-state index in [-0.39, 0.29) is 23.3 Å². The molecule has 18 heavy (non-hydrogen) atoms. The molecule has 2 atom stereocenters. The van der Waals surface area contributed by atoms with E-state index in [9.17, 15) is 12.8 Å². The molecule has 2 unspecified atom stereocenters. The molecule has 4 nitrogen and oxygen atoms in total. The normalized spacial score (nSPS) is 23.8. The first-order valence-electron chi connectivity index (χ1n) is 5.79. The van der Waals surface area contributed by atoms with E-state index in [4.69, 9.17) is 10.5 Å². The highest BCUT2D eigenvalue weighted by Gasteiger charge is 2.29. The van der Waals surface area contributed by atoms with Crippen LogP contribution in [0, 0.1) is 5.82 Å². The van der Waals surface area contributed by atoms with E-state index >= 15 is 0 Å². The molecule has 1 saturated heterocycles. The highest BCUT2D eigenvalue weighted by molar-refractivity contribution is 7.91. The highest BCUT2D eigenvalue weighted by atomic mass is 32.2. The lowest BCUT2D eigenvalue weighted by Crippen LogP contribution is -2.18. The minimum atomic E-state index is -3.02. The van der Waals surface area contributed by atoms with E-state index in [0.29, 0.717) is 12.0 Å². The minimum Gasteiger partial charge on any atom is -0.486 e. The molecule has 1 fully saturated rings. The van der Waals surface area contributed by atoms with Crippen molar-refractivity contribution in [2.24, 2.45) is 5.73 Å². The molecule has 1 aliphatic heterocycles. The van der Waals surface area contributed by atoms with Crippen LogP contribution in [0.25, 0.3) is 0 Å². The van der Waals surface area contributed by atoms with Crippen LogP contribution in [0.2, 0.25) is 0 Å². The maximum absolute atomic E-state index is 13.7. The number of sulfone groups is 1. The quantitative estimate of drug-likeness (QED) is 0.904. The molecular weight excluding hydrogens is 257 g/mol. The van der Waals surface area contributed by atoms with Gasteiger partial charge in [0.15, 0.2) is 21.4 Å². The molecule has 0 saturated carbocycles. The van der Waals surface area contributed by atoms with Crippen LogP contribution in [0.3, 0.4) is 0 Å². The molecule has 0 radical (unpaired) electrons. The van der Waals surface area contributed by atoms with Crippen molar-refractivity contribution < 1.29 is 17.5 Å². The van der Waals surface area contributed by atoms with Gasteiger partial charge in [0.25, 0.3) is 0 Å². The zero-order valence-corrected chi connectivity index (χ0v) is 10.9. The molecule has 1 aliphatic rings. The minimum absolute atomic E-state index is 0.0402. The molecule has 1 aromatic rings. The molecule has 1 heterocycles. The lowest BCUT2D eigenvalue weighted by molar-refractivity contribution is 0.218. The van der Waals surface area contributed by atoms with Crippen molar-refractivity contribution in [1.29, 1.82) is 0 Å². The van der Waals surface area contributed by atoms with Gasteiger partial charge in [-0.3, -0.25) is 0 Å². The fourth-order valence-electron chi connectivity index (χ4n) is 1.93. The Hall–Kier alpha value is -1.14. The van der Waals surface area contributed by atoms with Gasteiger partial charge in [0.05, 0.1) is 11.5 Å². The Bertz CT molecular complexity index is 542. The molecule has 1 aromatic carbocycles. The fraction of sp³-hybridized carbons (Fsp3) is 0.500. The van der Waals surface area contributed by atoms with Crippen molar-refractivity contribution in [3.8, 4) is 5.75 Å². The number of rotatable bonds is 3. The van der Waals surface area contributed by atoms with Gasteiger partial charge in [-0.1, -0.05) is 6.07 Å². The Labute approximate surface area is 106 Å². The third-order valence-corrected chi connectivity index (χ3v) is 4.70. The van der Waals surface area contributed by atoms with Crippen molar-refractivity contribution in [1.82, 2.24) is 0 Å². The fourth-order valence-corrected chi connectivity index (χ4v) is 3.52. The van der Waals surface area contributed by atoms with E-state index in [1.165, 1.54) is 12.1 Å². The van der Waals surface area contributed by atoms with Gasteiger partial charge in [0.1, 0.15) is 6.10 Å². The van der Waals surface area contributed by atoms with Gasteiger partial charge < -0.3 is 10.5 Å². The van der Waals surface area contributed by atoms with Gasteiger partial charge in [-0.05, 0) is 31.0 Å². The van der Waals surface area contributed by atoms with E-state index in [2.05, 4.69) is 0 Å². The lowest BCUT2D eigenvalue weighted by atomic mass is 10.1. The first kappa shape index (κ1) is 13.3. The second-order valence-corrected chi connectivity index (χ2v) is 6.85. The van der Waals surface area contributed by atoms with Gasteiger partial charge in [-0.25, -0.2) is 12.8 Å². The first-order chi connectivity index (χ1) is 8.37. The third-order valence-electron chi connectivity index (χ3n) is 2.97. The Kier molecular flexibility index (Phi) is 3.59. The monoisotopic (exact) mass is 273 g/mol. The molecule has 0 amide bonds. The summed E-state index contributed by atoms with van der Waals surface area (Å²) in [6, 6.07) is 4.26. The molecule has 6 heteroatoms. The van der Waals surface area contributed by atoms with Gasteiger partial charge in [-0.15, -0.1) is 0 Å². The predicted octanol–water partition coefficient (Wildman–Crippen LogP) is 1.41. The van der Waals surface area contributed by atoms with Crippen LogP contribution in [0.5, 0.6) is 5.75 Å². The van der Waals surface area contributed by atoms with Crippen LogP contribution in [0.15, 0.2) is 18.2 Å². The summed E-state index contributed by atoms with van der Waals surface area (Å²) in [6.07, 6.45) is -0.0396. The summed E-state index contributed by atoms with van der Waals surface area (Å²) in [5, 5.41) is 0. The highest BCUT2D eigenvalue weighted by Crippen LogP contribution is 2.25. The lowest BCUT2D eigenvalue weighted by Gasteiger charge is -2.14. The van der Waals surface area contributed by atoms with Gasteiger partial charge >= 0.3 is 0 Å². The molecule has 2 N–H and O–H groups in total. The largest absolute Gasteiger partial charge is 0.486 e. The number of benzene rings is 1. The topological polar surface area (TPSA) is 69.4 Å². The standard InChI is InChI=1S/C12H16FNO3S/c1-8(14)9-2-3-12(11(13)6-9)17-10-4-5-18(15,16)7-10/h2-3,6,8,10H,4-5,7,14H2,1H3. The summed E-state index contributed by atoms with van der Waals surface area (Å²) < 4.78 is 41.6. The average molecular weight is 273 g/mol. The molecule has 0 spiro atoms. The summed E-state index contributed by atoms with van der Waals surface area (Å²) in [7, 11) is -3.02. The van der Waals surface area contributed by atoms with E-state index in [1.807, 2.05) is 0 Å². The molecule has 2 rings (SSSR count). The average Bonchev–Trinajstić information content (AvgIpc) is 2.61. The van der Waals surface area contributed by atoms with Crippen LogP contribution in [0.1, 0.15) is 24.9 Å². The molecule has 100 valence electrons. The molecule has 0 bridgehead atoms. The Morgan fingerprint density at radius 1 is 1.50 bits per heavy atom. The van der Waals surface area contributed by atoms with Crippen molar-refractivity contribution in [3.05, 3.63) is 29.6 Å². The van der Waals surface area contributed by atoms with Crippen LogP contribution >= 0.6 is 0 Å². The van der Waals surface area contributed by atoms with Crippen molar-refractivity contribution in [2.45, 2.75) is 25.5 Å². The second kappa shape index (κ2) is 4.85. The van der Waals surface area contributed by atoms with Gasteiger partial charge in [-0.2, -0.15) is 0 Å². The van der Waals surface area contributed by atoms with E-state index in [1.54, 1.807) is 13.0 Å². The third kappa shape index (κ3) is 3.00. The molecule has 0 aromatic heterocycles. The van der Waals surface area contributed by atoms with Crippen LogP contribution in [0.4, 0.5) is 4.39 Å². The predicted molar refractivity (Wildman–Crippen MR) is 66.7 cm³/mol. The molecule has 0 aliphatic carbocycles. The Morgan fingerprint density at radius 2 is 2.22 bits per heavy atom. The zero-order chi connectivity index (χ0) is 13.3. The summed E-state index contributed by atoms with van der Waals surface area (Å²) in [5.74, 6) is -0.353. The number of hydrogen-bond donors (Lipinski definition) is 1. The van der Waals surface area contributed by atoms with Crippen LogP contribution in [-0.2, 0) is 9.84 Å². The smallest absolute Gasteiger partial charge is 0.165 e. The molecular formula is C12H16FNO3S. The number of ether oxygens (including phenoxy) is 1. The SMILES string of the molecule is CC(N)c1ccc(OC2CCS(=O)(=O)C2)c(F)c1. The summed E-state index contributed by atoms with van der Waals surface area (Å²) in [6.45, 7) is 1.76. The van der Waals surface area contributed by atoms with Gasteiger partial charge in [0.2, 0.25) is 0 Å². The van der Waals surface area contributed by atoms with Crippen molar-refractivity contribution in [2.75, 3.05) is 11.5 Å². The maximum Gasteiger partial charge on any atom is 0.165 e. The first-order valence-corrected chi connectivity index (χ1v) is 7.61. The van der Waals surface area contributed by atoms with E-state index in [0.717, 1.165) is 0 Å². The van der Waals surface area contributed by atoms with Crippen molar-refractivity contribution in [3.63, 3.8) is 0 Å². The Balaban J connectivity index is 2.11. The van der Waals surface area contributed by atoms with Crippen LogP contribution < -0.4 is 10.5 Å². The summed E-state index contributed by atoms with van der Waals surface area (Å²) in [5.41, 5.74) is 6.32. The van der Waals surface area contributed by atoms with Crippen molar-refractivity contribution >= 4 is 9.84 Å². The summed E-state index contributed by atoms with van der Waals surface area (Å²) >= 11 is 0. The van der Waals surface area contributed by atoms with E-state index < -0.39 is 21.8 Å². The summed E-state index contributed by atoms with van der Waals surface area (Å²) in [4.78, 5) is 0. The second-order valence-electron chi connectivity index (χ2n) is 4.62. The van der Waals surface area contributed by atoms with Crippen LogP contribution in [-0.4, -0.2) is 26.0 Å². The number of nitrogens with two attached hydrogens (primary N) is 1.